The minimum Gasteiger partial charge on any atom is -0.348 e. The maximum atomic E-state index is 13.2. The molecule has 1 aliphatic heterocycles. The molecule has 0 saturated carbocycles. The van der Waals surface area contributed by atoms with Crippen LogP contribution in [0.5, 0.6) is 0 Å². The second-order valence-electron chi connectivity index (χ2n) is 6.99. The van der Waals surface area contributed by atoms with Gasteiger partial charge in [-0.25, -0.2) is 13.2 Å². The predicted molar refractivity (Wildman–Crippen MR) is 102 cm³/mol. The lowest BCUT2D eigenvalue weighted by atomic mass is 10.0. The van der Waals surface area contributed by atoms with Crippen LogP contribution in [0.2, 0.25) is 0 Å². The van der Waals surface area contributed by atoms with Crippen molar-refractivity contribution in [1.29, 1.82) is 0 Å². The Balaban J connectivity index is 1.40. The maximum absolute atomic E-state index is 13.2. The predicted octanol–water partition coefficient (Wildman–Crippen LogP) is 3.99. The quantitative estimate of drug-likeness (QED) is 0.759. The number of carbonyl (C=O) groups is 1. The number of benzene rings is 2. The smallest absolute Gasteiger partial charge is 0.244 e. The van der Waals surface area contributed by atoms with Crippen molar-refractivity contribution in [3.63, 3.8) is 0 Å². The largest absolute Gasteiger partial charge is 0.348 e. The molecule has 1 heterocycles. The third-order valence-corrected chi connectivity index (χ3v) is 4.91. The Hall–Kier alpha value is -2.60. The van der Waals surface area contributed by atoms with Crippen LogP contribution >= 0.6 is 0 Å². The molecule has 1 amide bonds. The minimum absolute atomic E-state index is 0.156. The second-order valence-corrected chi connectivity index (χ2v) is 6.99. The van der Waals surface area contributed by atoms with Gasteiger partial charge in [-0.2, -0.15) is 0 Å². The molecule has 0 bridgehead atoms. The molecule has 28 heavy (non-hydrogen) atoms. The van der Waals surface area contributed by atoms with E-state index < -0.39 is 11.6 Å². The summed E-state index contributed by atoms with van der Waals surface area (Å²) in [7, 11) is 0. The number of piperidine rings is 1. The number of hydrogen-bond donors (Lipinski definition) is 1. The minimum atomic E-state index is -0.918. The Kier molecular flexibility index (Phi) is 6.87. The molecule has 0 spiro atoms. The zero-order valence-corrected chi connectivity index (χ0v) is 15.6. The molecule has 6 heteroatoms. The summed E-state index contributed by atoms with van der Waals surface area (Å²) >= 11 is 0. The highest BCUT2D eigenvalue weighted by Gasteiger charge is 2.14. The zero-order chi connectivity index (χ0) is 19.9. The number of rotatable bonds is 6. The highest BCUT2D eigenvalue weighted by molar-refractivity contribution is 5.88. The molecule has 3 nitrogen and oxygen atoms in total. The number of amides is 1. The zero-order valence-electron chi connectivity index (χ0n) is 15.6. The lowest BCUT2D eigenvalue weighted by molar-refractivity contribution is -0.116. The van der Waals surface area contributed by atoms with E-state index in [0.717, 1.165) is 62.2 Å². The number of hydrogen-bond acceptors (Lipinski definition) is 2. The Bertz CT molecular complexity index is 839. The highest BCUT2D eigenvalue weighted by Crippen LogP contribution is 2.17. The van der Waals surface area contributed by atoms with Crippen LogP contribution in [0.25, 0.3) is 0 Å². The number of nitrogens with one attached hydrogen (secondary N) is 1. The fraction of sp³-hybridized carbons (Fsp3) is 0.318. The third kappa shape index (κ3) is 5.96. The average Bonchev–Trinajstić information content (AvgIpc) is 2.69. The van der Waals surface area contributed by atoms with Crippen molar-refractivity contribution >= 4 is 5.91 Å². The summed E-state index contributed by atoms with van der Waals surface area (Å²) in [5, 5.41) is 2.71. The van der Waals surface area contributed by atoms with E-state index in [1.165, 1.54) is 18.2 Å². The van der Waals surface area contributed by atoms with E-state index in [4.69, 9.17) is 0 Å². The van der Waals surface area contributed by atoms with Crippen LogP contribution in [0.15, 0.2) is 54.1 Å². The van der Waals surface area contributed by atoms with E-state index in [-0.39, 0.29) is 18.3 Å². The normalized spacial score (nSPS) is 14.8. The van der Waals surface area contributed by atoms with E-state index in [1.807, 2.05) is 12.1 Å². The van der Waals surface area contributed by atoms with Crippen molar-refractivity contribution < 1.29 is 18.0 Å². The molecular formula is C22H23F3N2O. The molecule has 3 rings (SSSR count). The SMILES string of the molecule is O=C(C=C1CCN(CCc2ccc(F)cc2)CC1)NCc1ccc(F)c(F)c1. The average molecular weight is 388 g/mol. The molecule has 1 saturated heterocycles. The van der Waals surface area contributed by atoms with Gasteiger partial charge in [0.2, 0.25) is 5.91 Å². The molecule has 0 unspecified atom stereocenters. The van der Waals surface area contributed by atoms with Crippen LogP contribution in [-0.2, 0) is 17.8 Å². The third-order valence-electron chi connectivity index (χ3n) is 4.91. The number of halogens is 3. The van der Waals surface area contributed by atoms with Crippen molar-refractivity contribution in [3.8, 4) is 0 Å². The van der Waals surface area contributed by atoms with E-state index in [0.29, 0.717) is 5.56 Å². The van der Waals surface area contributed by atoms with Gasteiger partial charge in [0.15, 0.2) is 11.6 Å². The summed E-state index contributed by atoms with van der Waals surface area (Å²) in [6.45, 7) is 2.82. The van der Waals surface area contributed by atoms with E-state index >= 15 is 0 Å². The van der Waals surface area contributed by atoms with Gasteiger partial charge in [-0.05, 0) is 54.7 Å². The van der Waals surface area contributed by atoms with Crippen LogP contribution in [0, 0.1) is 17.5 Å². The maximum Gasteiger partial charge on any atom is 0.244 e. The van der Waals surface area contributed by atoms with Gasteiger partial charge in [0.05, 0.1) is 0 Å². The molecule has 1 fully saturated rings. The first-order chi connectivity index (χ1) is 13.5. The molecule has 0 aromatic heterocycles. The van der Waals surface area contributed by atoms with Crippen molar-refractivity contribution in [2.75, 3.05) is 19.6 Å². The molecule has 148 valence electrons. The molecule has 0 aliphatic carbocycles. The Morgan fingerprint density at radius 3 is 2.32 bits per heavy atom. The molecular weight excluding hydrogens is 365 g/mol. The summed E-state index contributed by atoms with van der Waals surface area (Å²) in [5.41, 5.74) is 2.71. The fourth-order valence-corrected chi connectivity index (χ4v) is 3.22. The molecule has 0 radical (unpaired) electrons. The van der Waals surface area contributed by atoms with Gasteiger partial charge >= 0.3 is 0 Å². The molecule has 0 atom stereocenters. The van der Waals surface area contributed by atoms with Gasteiger partial charge in [0.25, 0.3) is 0 Å². The first-order valence-electron chi connectivity index (χ1n) is 9.37. The first-order valence-corrected chi connectivity index (χ1v) is 9.37. The van der Waals surface area contributed by atoms with Crippen LogP contribution in [0.3, 0.4) is 0 Å². The summed E-state index contributed by atoms with van der Waals surface area (Å²) in [6, 6.07) is 10.2. The van der Waals surface area contributed by atoms with Crippen molar-refractivity contribution in [2.45, 2.75) is 25.8 Å². The molecule has 2 aromatic rings. The lowest BCUT2D eigenvalue weighted by Gasteiger charge is -2.28. The standard InChI is InChI=1S/C22H23F3N2O/c23-19-4-1-16(2-5-19)7-10-27-11-8-17(9-12-27)14-22(28)26-15-18-3-6-20(24)21(25)13-18/h1-6,13-14H,7-12,15H2,(H,26,28). The summed E-state index contributed by atoms with van der Waals surface area (Å²) < 4.78 is 39.0. The number of likely N-dealkylation sites (tertiary alicyclic amines) is 1. The van der Waals surface area contributed by atoms with E-state index in [2.05, 4.69) is 10.2 Å². The topological polar surface area (TPSA) is 32.3 Å². The van der Waals surface area contributed by atoms with Gasteiger partial charge in [0, 0.05) is 32.3 Å². The van der Waals surface area contributed by atoms with Gasteiger partial charge < -0.3 is 10.2 Å². The van der Waals surface area contributed by atoms with E-state index in [1.54, 1.807) is 6.08 Å². The Labute approximate surface area is 162 Å². The van der Waals surface area contributed by atoms with Crippen LogP contribution < -0.4 is 5.32 Å². The van der Waals surface area contributed by atoms with Crippen LogP contribution in [-0.4, -0.2) is 30.4 Å². The van der Waals surface area contributed by atoms with Gasteiger partial charge in [-0.1, -0.05) is 23.8 Å². The monoisotopic (exact) mass is 388 g/mol. The van der Waals surface area contributed by atoms with Gasteiger partial charge in [0.1, 0.15) is 5.82 Å². The molecule has 1 N–H and O–H groups in total. The Morgan fingerprint density at radius 2 is 1.64 bits per heavy atom. The van der Waals surface area contributed by atoms with Crippen molar-refractivity contribution in [2.24, 2.45) is 0 Å². The van der Waals surface area contributed by atoms with Crippen LogP contribution in [0.1, 0.15) is 24.0 Å². The first kappa shape index (κ1) is 20.1. The summed E-state index contributed by atoms with van der Waals surface area (Å²) in [4.78, 5) is 14.4. The van der Waals surface area contributed by atoms with Crippen molar-refractivity contribution in [1.82, 2.24) is 10.2 Å². The summed E-state index contributed by atoms with van der Waals surface area (Å²) in [5.74, 6) is -2.26. The number of carbonyl (C=O) groups excluding carboxylic acids is 1. The Morgan fingerprint density at radius 1 is 0.964 bits per heavy atom. The second kappa shape index (κ2) is 9.55. The van der Waals surface area contributed by atoms with E-state index in [9.17, 15) is 18.0 Å². The summed E-state index contributed by atoms with van der Waals surface area (Å²) in [6.07, 6.45) is 4.12. The fourth-order valence-electron chi connectivity index (χ4n) is 3.22. The van der Waals surface area contributed by atoms with Crippen molar-refractivity contribution in [3.05, 3.63) is 82.7 Å². The van der Waals surface area contributed by atoms with Gasteiger partial charge in [-0.15, -0.1) is 0 Å². The van der Waals surface area contributed by atoms with Crippen LogP contribution in [0.4, 0.5) is 13.2 Å². The lowest BCUT2D eigenvalue weighted by Crippen LogP contribution is -2.33. The van der Waals surface area contributed by atoms with Gasteiger partial charge in [-0.3, -0.25) is 4.79 Å². The number of nitrogens with zero attached hydrogens (tertiary/aromatic N) is 1. The molecule has 2 aromatic carbocycles. The highest BCUT2D eigenvalue weighted by atomic mass is 19.2. The molecule has 1 aliphatic rings.